The van der Waals surface area contributed by atoms with E-state index in [4.69, 9.17) is 4.74 Å². The van der Waals surface area contributed by atoms with Crippen molar-refractivity contribution in [2.75, 3.05) is 12.4 Å². The van der Waals surface area contributed by atoms with Gasteiger partial charge in [0.1, 0.15) is 11.6 Å². The Hall–Kier alpha value is -3.22. The second-order valence-corrected chi connectivity index (χ2v) is 5.62. The van der Waals surface area contributed by atoms with Crippen LogP contribution in [0.25, 0.3) is 5.95 Å². The van der Waals surface area contributed by atoms with Gasteiger partial charge in [0.2, 0.25) is 5.95 Å². The van der Waals surface area contributed by atoms with Gasteiger partial charge in [-0.25, -0.2) is 15.0 Å². The summed E-state index contributed by atoms with van der Waals surface area (Å²) in [6.07, 6.45) is 3.16. The summed E-state index contributed by atoms with van der Waals surface area (Å²) in [5.74, 6) is 1.82. The van der Waals surface area contributed by atoms with E-state index in [-0.39, 0.29) is 5.91 Å². The molecule has 2 heterocycles. The molecular weight excluding hydrogens is 318 g/mol. The molecule has 0 atom stereocenters. The average molecular weight is 337 g/mol. The van der Waals surface area contributed by atoms with Crippen LogP contribution in [0.2, 0.25) is 0 Å². The number of hydrogen-bond donors (Lipinski definition) is 1. The first-order valence-corrected chi connectivity index (χ1v) is 7.80. The highest BCUT2D eigenvalue weighted by Gasteiger charge is 2.12. The van der Waals surface area contributed by atoms with Crippen molar-refractivity contribution in [1.82, 2.24) is 19.5 Å². The van der Waals surface area contributed by atoms with Crippen LogP contribution in [0.1, 0.15) is 27.6 Å². The minimum atomic E-state index is -0.232. The quantitative estimate of drug-likeness (QED) is 0.791. The summed E-state index contributed by atoms with van der Waals surface area (Å²) in [5, 5.41) is 2.78. The average Bonchev–Trinajstić information content (AvgIpc) is 2.88. The van der Waals surface area contributed by atoms with Crippen LogP contribution in [-0.4, -0.2) is 32.5 Å². The van der Waals surface area contributed by atoms with E-state index in [9.17, 15) is 4.79 Å². The first-order chi connectivity index (χ1) is 12.0. The van der Waals surface area contributed by atoms with Gasteiger partial charge in [0.15, 0.2) is 0 Å². The minimum absolute atomic E-state index is 0.232. The molecule has 128 valence electrons. The molecule has 0 radical (unpaired) electrons. The molecule has 0 aliphatic heterocycles. The predicted molar refractivity (Wildman–Crippen MR) is 94.3 cm³/mol. The van der Waals surface area contributed by atoms with Crippen LogP contribution in [0.3, 0.4) is 0 Å². The summed E-state index contributed by atoms with van der Waals surface area (Å²) < 4.78 is 6.96. The van der Waals surface area contributed by atoms with Crippen molar-refractivity contribution in [2.24, 2.45) is 0 Å². The van der Waals surface area contributed by atoms with Crippen LogP contribution in [0.15, 0.2) is 36.7 Å². The van der Waals surface area contributed by atoms with Crippen molar-refractivity contribution in [2.45, 2.75) is 20.8 Å². The number of nitrogens with one attached hydrogen (secondary N) is 1. The zero-order valence-corrected chi connectivity index (χ0v) is 14.6. The lowest BCUT2D eigenvalue weighted by Crippen LogP contribution is -2.13. The molecule has 2 aromatic heterocycles. The van der Waals surface area contributed by atoms with Gasteiger partial charge in [0.25, 0.3) is 5.91 Å². The summed E-state index contributed by atoms with van der Waals surface area (Å²) in [6.45, 7) is 5.82. The molecule has 7 nitrogen and oxygen atoms in total. The number of carbonyl (C=O) groups excluding carboxylic acids is 1. The maximum Gasteiger partial charge on any atom is 0.255 e. The number of anilines is 1. The third kappa shape index (κ3) is 3.35. The van der Waals surface area contributed by atoms with Gasteiger partial charge >= 0.3 is 0 Å². The lowest BCUT2D eigenvalue weighted by Gasteiger charge is -2.08. The van der Waals surface area contributed by atoms with Gasteiger partial charge in [-0.1, -0.05) is 0 Å². The van der Waals surface area contributed by atoms with E-state index < -0.39 is 0 Å². The maximum atomic E-state index is 12.3. The van der Waals surface area contributed by atoms with E-state index in [1.54, 1.807) is 43.8 Å². The number of aromatic nitrogens is 4. The van der Waals surface area contributed by atoms with E-state index in [0.29, 0.717) is 22.9 Å². The molecule has 1 aromatic carbocycles. The molecule has 0 fully saturated rings. The topological polar surface area (TPSA) is 81.9 Å². The Labute approximate surface area is 145 Å². The first-order valence-electron chi connectivity index (χ1n) is 7.80. The van der Waals surface area contributed by atoms with E-state index in [1.807, 2.05) is 25.3 Å². The fourth-order valence-electron chi connectivity index (χ4n) is 2.52. The zero-order chi connectivity index (χ0) is 18.0. The Balaban J connectivity index is 1.77. The van der Waals surface area contributed by atoms with Crippen LogP contribution >= 0.6 is 0 Å². The van der Waals surface area contributed by atoms with Crippen molar-refractivity contribution < 1.29 is 9.53 Å². The van der Waals surface area contributed by atoms with Crippen LogP contribution in [-0.2, 0) is 0 Å². The van der Waals surface area contributed by atoms with Crippen molar-refractivity contribution in [1.29, 1.82) is 0 Å². The Morgan fingerprint density at radius 3 is 2.24 bits per heavy atom. The summed E-state index contributed by atoms with van der Waals surface area (Å²) in [4.78, 5) is 25.3. The largest absolute Gasteiger partial charge is 0.497 e. The minimum Gasteiger partial charge on any atom is -0.497 e. The van der Waals surface area contributed by atoms with Gasteiger partial charge in [-0.2, -0.15) is 0 Å². The van der Waals surface area contributed by atoms with Crippen LogP contribution in [0.4, 0.5) is 5.69 Å². The molecule has 0 spiro atoms. The number of amides is 1. The number of hydrogen-bond acceptors (Lipinski definition) is 5. The SMILES string of the molecule is COc1ccc(C(=O)Nc2cnc(-n3c(C)nc(C)c3C)nc2)cc1. The lowest BCUT2D eigenvalue weighted by atomic mass is 10.2. The summed E-state index contributed by atoms with van der Waals surface area (Å²) in [7, 11) is 1.58. The monoisotopic (exact) mass is 337 g/mol. The van der Waals surface area contributed by atoms with Gasteiger partial charge in [-0.15, -0.1) is 0 Å². The highest BCUT2D eigenvalue weighted by atomic mass is 16.5. The fraction of sp³-hybridized carbons (Fsp3) is 0.222. The van der Waals surface area contributed by atoms with E-state index in [0.717, 1.165) is 17.2 Å². The van der Waals surface area contributed by atoms with Gasteiger partial charge in [-0.3, -0.25) is 9.36 Å². The highest BCUT2D eigenvalue weighted by Crippen LogP contribution is 2.16. The number of benzene rings is 1. The second-order valence-electron chi connectivity index (χ2n) is 5.62. The molecule has 0 aliphatic carbocycles. The molecule has 1 amide bonds. The standard InChI is InChI=1S/C18H19N5O2/c1-11-12(2)23(13(3)21-11)18-19-9-15(10-20-18)22-17(24)14-5-7-16(25-4)8-6-14/h5-10H,1-4H3,(H,22,24). The number of ether oxygens (including phenoxy) is 1. The van der Waals surface area contributed by atoms with Crippen molar-refractivity contribution in [3.05, 3.63) is 59.4 Å². The van der Waals surface area contributed by atoms with Gasteiger partial charge in [-0.05, 0) is 45.0 Å². The molecule has 3 rings (SSSR count). The van der Waals surface area contributed by atoms with E-state index >= 15 is 0 Å². The number of carbonyl (C=O) groups is 1. The highest BCUT2D eigenvalue weighted by molar-refractivity contribution is 6.04. The number of nitrogens with zero attached hydrogens (tertiary/aromatic N) is 4. The van der Waals surface area contributed by atoms with Gasteiger partial charge in [0.05, 0.1) is 30.9 Å². The van der Waals surface area contributed by atoms with Crippen molar-refractivity contribution in [3.8, 4) is 11.7 Å². The van der Waals surface area contributed by atoms with Crippen LogP contribution in [0.5, 0.6) is 5.75 Å². The van der Waals surface area contributed by atoms with Crippen LogP contribution in [0, 0.1) is 20.8 Å². The Bertz CT molecular complexity index is 898. The van der Waals surface area contributed by atoms with Crippen LogP contribution < -0.4 is 10.1 Å². The fourth-order valence-corrected chi connectivity index (χ4v) is 2.52. The molecule has 0 unspecified atom stereocenters. The summed E-state index contributed by atoms with van der Waals surface area (Å²) >= 11 is 0. The van der Waals surface area contributed by atoms with Crippen molar-refractivity contribution in [3.63, 3.8) is 0 Å². The second kappa shape index (κ2) is 6.72. The Morgan fingerprint density at radius 1 is 1.08 bits per heavy atom. The Kier molecular flexibility index (Phi) is 4.47. The van der Waals surface area contributed by atoms with Gasteiger partial charge in [0, 0.05) is 11.3 Å². The molecular formula is C18H19N5O2. The smallest absolute Gasteiger partial charge is 0.255 e. The maximum absolute atomic E-state index is 12.3. The number of imidazole rings is 1. The third-order valence-corrected chi connectivity index (χ3v) is 3.96. The molecule has 7 heteroatoms. The van der Waals surface area contributed by atoms with E-state index in [2.05, 4.69) is 20.3 Å². The molecule has 3 aromatic rings. The molecule has 0 aliphatic rings. The lowest BCUT2D eigenvalue weighted by molar-refractivity contribution is 0.102. The predicted octanol–water partition coefficient (Wildman–Crippen LogP) is 2.85. The molecule has 25 heavy (non-hydrogen) atoms. The van der Waals surface area contributed by atoms with Gasteiger partial charge < -0.3 is 10.1 Å². The Morgan fingerprint density at radius 2 is 1.72 bits per heavy atom. The third-order valence-electron chi connectivity index (χ3n) is 3.96. The zero-order valence-electron chi connectivity index (χ0n) is 14.6. The number of methoxy groups -OCH3 is 1. The summed E-state index contributed by atoms with van der Waals surface area (Å²) in [6, 6.07) is 6.87. The summed E-state index contributed by atoms with van der Waals surface area (Å²) in [5.41, 5.74) is 2.99. The molecule has 1 N–H and O–H groups in total. The van der Waals surface area contributed by atoms with E-state index in [1.165, 1.54) is 0 Å². The van der Waals surface area contributed by atoms with Crippen molar-refractivity contribution >= 4 is 11.6 Å². The number of rotatable bonds is 4. The normalized spacial score (nSPS) is 10.6. The molecule has 0 saturated heterocycles. The molecule has 0 saturated carbocycles. The number of aryl methyl sites for hydroxylation is 2. The first kappa shape index (κ1) is 16.6. The molecule has 0 bridgehead atoms.